The van der Waals surface area contributed by atoms with Crippen molar-refractivity contribution in [3.8, 4) is 0 Å². The van der Waals surface area contributed by atoms with Gasteiger partial charge in [0, 0.05) is 11.6 Å². The lowest BCUT2D eigenvalue weighted by atomic mass is 9.99. The number of aromatic nitrogens is 2. The molecule has 0 fully saturated rings. The summed E-state index contributed by atoms with van der Waals surface area (Å²) in [5.41, 5.74) is 7.99. The monoisotopic (exact) mass is 265 g/mol. The maximum Gasteiger partial charge on any atom is 0.129 e. The van der Waals surface area contributed by atoms with Gasteiger partial charge >= 0.3 is 0 Å². The van der Waals surface area contributed by atoms with Crippen LogP contribution in [0.5, 0.6) is 0 Å². The summed E-state index contributed by atoms with van der Waals surface area (Å²) in [7, 11) is 0. The highest BCUT2D eigenvalue weighted by Crippen LogP contribution is 2.27. The van der Waals surface area contributed by atoms with Gasteiger partial charge in [-0.1, -0.05) is 25.4 Å². The highest BCUT2D eigenvalue weighted by Gasteiger charge is 2.26. The van der Waals surface area contributed by atoms with Gasteiger partial charge in [-0.2, -0.15) is 0 Å². The van der Waals surface area contributed by atoms with E-state index in [1.165, 1.54) is 0 Å². The van der Waals surface area contributed by atoms with Gasteiger partial charge < -0.3 is 10.3 Å². The molecule has 0 radical (unpaired) electrons. The van der Waals surface area contributed by atoms with Crippen LogP contribution in [0.4, 0.5) is 0 Å². The molecular weight excluding hydrogens is 246 g/mol. The number of aryl methyl sites for hydroxylation is 1. The topological polar surface area (TPSA) is 43.8 Å². The van der Waals surface area contributed by atoms with Crippen LogP contribution in [0.2, 0.25) is 5.02 Å². The lowest BCUT2D eigenvalue weighted by molar-refractivity contribution is 0.422. The number of fused-ring (bicyclic) bond motifs is 1. The summed E-state index contributed by atoms with van der Waals surface area (Å²) in [5.74, 6) is 0.948. The molecule has 2 rings (SSSR count). The van der Waals surface area contributed by atoms with Crippen LogP contribution in [0.25, 0.3) is 11.0 Å². The second-order valence-corrected chi connectivity index (χ2v) is 5.43. The Labute approximate surface area is 113 Å². The fourth-order valence-corrected chi connectivity index (χ4v) is 2.31. The minimum atomic E-state index is -0.402. The average Bonchev–Trinajstić information content (AvgIpc) is 2.69. The number of hydrogen-bond donors (Lipinski definition) is 1. The first kappa shape index (κ1) is 13.4. The Balaban J connectivity index is 2.69. The number of nitrogens with two attached hydrogens (primary N) is 1. The SMILES string of the molecule is CCCn1c(C(C)(N)CC)nc2ccc(Cl)cc21. The molecular formula is C14H20ClN3. The molecule has 0 aliphatic carbocycles. The Hall–Kier alpha value is -1.06. The molecule has 98 valence electrons. The fourth-order valence-electron chi connectivity index (χ4n) is 2.14. The van der Waals surface area contributed by atoms with Crippen molar-refractivity contribution in [2.24, 2.45) is 5.73 Å². The molecule has 0 aliphatic rings. The van der Waals surface area contributed by atoms with E-state index in [-0.39, 0.29) is 0 Å². The van der Waals surface area contributed by atoms with E-state index >= 15 is 0 Å². The molecule has 1 unspecified atom stereocenters. The average molecular weight is 266 g/mol. The van der Waals surface area contributed by atoms with Crippen LogP contribution in [0.15, 0.2) is 18.2 Å². The highest BCUT2D eigenvalue weighted by atomic mass is 35.5. The van der Waals surface area contributed by atoms with Crippen LogP contribution in [-0.2, 0) is 12.1 Å². The van der Waals surface area contributed by atoms with Crippen molar-refractivity contribution in [3.05, 3.63) is 29.0 Å². The molecule has 0 saturated carbocycles. The van der Waals surface area contributed by atoms with Crippen LogP contribution in [0.3, 0.4) is 0 Å². The molecule has 1 aromatic heterocycles. The van der Waals surface area contributed by atoms with Crippen LogP contribution in [-0.4, -0.2) is 9.55 Å². The number of halogens is 1. The lowest BCUT2D eigenvalue weighted by Crippen LogP contribution is -2.35. The van der Waals surface area contributed by atoms with E-state index in [9.17, 15) is 0 Å². The summed E-state index contributed by atoms with van der Waals surface area (Å²) >= 11 is 6.08. The predicted octanol–water partition coefficient (Wildman–Crippen LogP) is 3.68. The first-order chi connectivity index (χ1) is 8.49. The van der Waals surface area contributed by atoms with E-state index in [4.69, 9.17) is 22.3 Å². The molecule has 3 nitrogen and oxygen atoms in total. The molecule has 18 heavy (non-hydrogen) atoms. The second-order valence-electron chi connectivity index (χ2n) is 4.99. The van der Waals surface area contributed by atoms with Gasteiger partial charge in [0.25, 0.3) is 0 Å². The molecule has 0 saturated heterocycles. The largest absolute Gasteiger partial charge is 0.326 e. The first-order valence-corrected chi connectivity index (χ1v) is 6.82. The Morgan fingerprint density at radius 2 is 2.11 bits per heavy atom. The number of rotatable bonds is 4. The fraction of sp³-hybridized carbons (Fsp3) is 0.500. The van der Waals surface area contributed by atoms with Crippen molar-refractivity contribution < 1.29 is 0 Å². The van der Waals surface area contributed by atoms with E-state index in [1.54, 1.807) is 0 Å². The van der Waals surface area contributed by atoms with Crippen molar-refractivity contribution in [2.75, 3.05) is 0 Å². The summed E-state index contributed by atoms with van der Waals surface area (Å²) in [6.45, 7) is 7.18. The van der Waals surface area contributed by atoms with E-state index in [2.05, 4.69) is 18.4 Å². The summed E-state index contributed by atoms with van der Waals surface area (Å²) < 4.78 is 2.20. The number of benzene rings is 1. The zero-order chi connectivity index (χ0) is 13.3. The zero-order valence-electron chi connectivity index (χ0n) is 11.2. The van der Waals surface area contributed by atoms with E-state index in [0.717, 1.165) is 41.3 Å². The molecule has 0 aliphatic heterocycles. The minimum Gasteiger partial charge on any atom is -0.326 e. The smallest absolute Gasteiger partial charge is 0.129 e. The molecule has 4 heteroatoms. The summed E-state index contributed by atoms with van der Waals surface area (Å²) in [6.07, 6.45) is 1.90. The van der Waals surface area contributed by atoms with Gasteiger partial charge in [-0.25, -0.2) is 4.98 Å². The Bertz CT molecular complexity index is 557. The maximum absolute atomic E-state index is 6.35. The van der Waals surface area contributed by atoms with Crippen molar-refractivity contribution in [1.82, 2.24) is 9.55 Å². The number of imidazole rings is 1. The molecule has 2 N–H and O–H groups in total. The van der Waals surface area contributed by atoms with Crippen molar-refractivity contribution in [2.45, 2.75) is 45.7 Å². The van der Waals surface area contributed by atoms with Crippen LogP contribution in [0, 0.1) is 0 Å². The lowest BCUT2D eigenvalue weighted by Gasteiger charge is -2.23. The Morgan fingerprint density at radius 1 is 1.39 bits per heavy atom. The maximum atomic E-state index is 6.35. The van der Waals surface area contributed by atoms with Gasteiger partial charge in [0.05, 0.1) is 16.6 Å². The zero-order valence-corrected chi connectivity index (χ0v) is 12.0. The van der Waals surface area contributed by atoms with Crippen LogP contribution < -0.4 is 5.73 Å². The minimum absolute atomic E-state index is 0.402. The molecule has 1 atom stereocenters. The molecule has 0 bridgehead atoms. The van der Waals surface area contributed by atoms with Crippen LogP contribution >= 0.6 is 11.6 Å². The van der Waals surface area contributed by atoms with E-state index in [1.807, 2.05) is 25.1 Å². The van der Waals surface area contributed by atoms with Gasteiger partial charge in [-0.15, -0.1) is 0 Å². The third-order valence-electron chi connectivity index (χ3n) is 3.40. The molecule has 0 amide bonds. The molecule has 2 aromatic rings. The quantitative estimate of drug-likeness (QED) is 0.916. The first-order valence-electron chi connectivity index (χ1n) is 6.44. The van der Waals surface area contributed by atoms with Crippen molar-refractivity contribution in [1.29, 1.82) is 0 Å². The Kier molecular flexibility index (Phi) is 3.64. The third kappa shape index (κ3) is 2.25. The molecule has 1 heterocycles. The van der Waals surface area contributed by atoms with Gasteiger partial charge in [0.2, 0.25) is 0 Å². The van der Waals surface area contributed by atoms with Gasteiger partial charge in [-0.3, -0.25) is 0 Å². The van der Waals surface area contributed by atoms with Gasteiger partial charge in [0.1, 0.15) is 5.82 Å². The second kappa shape index (κ2) is 4.90. The number of nitrogens with zero attached hydrogens (tertiary/aromatic N) is 2. The standard InChI is InChI=1S/C14H20ClN3/c1-4-8-18-12-9-10(15)6-7-11(12)17-13(18)14(3,16)5-2/h6-7,9H,4-5,8,16H2,1-3H3. The Morgan fingerprint density at radius 3 is 2.72 bits per heavy atom. The van der Waals surface area contributed by atoms with E-state index in [0.29, 0.717) is 0 Å². The number of hydrogen-bond acceptors (Lipinski definition) is 2. The summed E-state index contributed by atoms with van der Waals surface area (Å²) in [5, 5.41) is 0.738. The summed E-state index contributed by atoms with van der Waals surface area (Å²) in [6, 6.07) is 5.80. The van der Waals surface area contributed by atoms with Crippen molar-refractivity contribution >= 4 is 22.6 Å². The molecule has 0 spiro atoms. The third-order valence-corrected chi connectivity index (χ3v) is 3.64. The van der Waals surface area contributed by atoms with Crippen molar-refractivity contribution in [3.63, 3.8) is 0 Å². The normalized spacial score (nSPS) is 14.9. The highest BCUT2D eigenvalue weighted by molar-refractivity contribution is 6.31. The van der Waals surface area contributed by atoms with Gasteiger partial charge in [0.15, 0.2) is 0 Å². The summed E-state index contributed by atoms with van der Waals surface area (Å²) in [4.78, 5) is 4.69. The van der Waals surface area contributed by atoms with E-state index < -0.39 is 5.54 Å². The van der Waals surface area contributed by atoms with Gasteiger partial charge in [-0.05, 0) is 38.0 Å². The molecule has 1 aromatic carbocycles. The predicted molar refractivity (Wildman–Crippen MR) is 76.9 cm³/mol. The van der Waals surface area contributed by atoms with Crippen LogP contribution in [0.1, 0.15) is 39.4 Å².